The maximum absolute atomic E-state index is 11.8. The molecule has 0 bridgehead atoms. The normalized spacial score (nSPS) is 21.5. The molecule has 2 amide bonds. The van der Waals surface area contributed by atoms with Gasteiger partial charge < -0.3 is 15.5 Å². The van der Waals surface area contributed by atoms with Gasteiger partial charge in [0.25, 0.3) is 0 Å². The summed E-state index contributed by atoms with van der Waals surface area (Å²) in [5.41, 5.74) is 0. The Kier molecular flexibility index (Phi) is 5.60. The summed E-state index contributed by atoms with van der Waals surface area (Å²) in [5.74, 6) is 0.0777. The van der Waals surface area contributed by atoms with Gasteiger partial charge in [-0.2, -0.15) is 0 Å². The molecular weight excluding hydrogens is 244 g/mol. The number of likely N-dealkylation sites (tertiary alicyclic amines) is 1. The summed E-state index contributed by atoms with van der Waals surface area (Å²) in [7, 11) is 0. The molecule has 2 saturated heterocycles. The third-order valence-corrected chi connectivity index (χ3v) is 3.72. The number of piperidine rings is 1. The molecule has 0 aromatic heterocycles. The van der Waals surface area contributed by atoms with Crippen LogP contribution in [0.15, 0.2) is 0 Å². The molecule has 0 aromatic carbocycles. The second-order valence-electron chi connectivity index (χ2n) is 5.21. The Hall–Kier alpha value is -1.14. The van der Waals surface area contributed by atoms with Crippen LogP contribution in [-0.2, 0) is 9.59 Å². The molecule has 0 atom stereocenters. The van der Waals surface area contributed by atoms with Gasteiger partial charge in [-0.1, -0.05) is 0 Å². The van der Waals surface area contributed by atoms with Gasteiger partial charge in [0.15, 0.2) is 0 Å². The second kappa shape index (κ2) is 7.45. The second-order valence-corrected chi connectivity index (χ2v) is 5.21. The zero-order chi connectivity index (χ0) is 13.5. The molecular formula is C13H24N4O2. The van der Waals surface area contributed by atoms with Crippen molar-refractivity contribution in [2.75, 3.05) is 52.4 Å². The highest BCUT2D eigenvalue weighted by Crippen LogP contribution is 2.09. The number of rotatable bonds is 5. The SMILES string of the molecule is O=C(CN1CCCCC1=O)NCCN1CCNCC1. The number of piperazine rings is 1. The van der Waals surface area contributed by atoms with E-state index in [9.17, 15) is 9.59 Å². The zero-order valence-electron chi connectivity index (χ0n) is 11.5. The van der Waals surface area contributed by atoms with Gasteiger partial charge in [-0.05, 0) is 12.8 Å². The minimum Gasteiger partial charge on any atom is -0.353 e. The molecule has 0 saturated carbocycles. The van der Waals surface area contributed by atoms with E-state index in [4.69, 9.17) is 0 Å². The zero-order valence-corrected chi connectivity index (χ0v) is 11.5. The van der Waals surface area contributed by atoms with Crippen molar-refractivity contribution in [2.45, 2.75) is 19.3 Å². The minimum absolute atomic E-state index is 0.0367. The van der Waals surface area contributed by atoms with E-state index in [0.29, 0.717) is 13.0 Å². The summed E-state index contributed by atoms with van der Waals surface area (Å²) in [6, 6.07) is 0. The Labute approximate surface area is 114 Å². The van der Waals surface area contributed by atoms with E-state index < -0.39 is 0 Å². The van der Waals surface area contributed by atoms with Gasteiger partial charge in [-0.25, -0.2) is 0 Å². The van der Waals surface area contributed by atoms with Gasteiger partial charge in [0.2, 0.25) is 11.8 Å². The molecule has 2 aliphatic rings. The Morgan fingerprint density at radius 1 is 1.21 bits per heavy atom. The third-order valence-electron chi connectivity index (χ3n) is 3.72. The molecule has 0 spiro atoms. The van der Waals surface area contributed by atoms with Crippen molar-refractivity contribution in [1.82, 2.24) is 20.4 Å². The average molecular weight is 268 g/mol. The lowest BCUT2D eigenvalue weighted by molar-refractivity contribution is -0.137. The fraction of sp³-hybridized carbons (Fsp3) is 0.846. The van der Waals surface area contributed by atoms with Crippen LogP contribution in [0.5, 0.6) is 0 Å². The fourth-order valence-electron chi connectivity index (χ4n) is 2.55. The van der Waals surface area contributed by atoms with Crippen LogP contribution >= 0.6 is 0 Å². The number of nitrogens with zero attached hydrogens (tertiary/aromatic N) is 2. The van der Waals surface area contributed by atoms with Crippen molar-refractivity contribution < 1.29 is 9.59 Å². The number of carbonyl (C=O) groups is 2. The molecule has 2 N–H and O–H groups in total. The summed E-state index contributed by atoms with van der Waals surface area (Å²) < 4.78 is 0. The van der Waals surface area contributed by atoms with Gasteiger partial charge in [0.05, 0.1) is 6.54 Å². The van der Waals surface area contributed by atoms with Gasteiger partial charge in [0, 0.05) is 52.2 Å². The van der Waals surface area contributed by atoms with E-state index >= 15 is 0 Å². The largest absolute Gasteiger partial charge is 0.353 e. The molecule has 2 aliphatic heterocycles. The van der Waals surface area contributed by atoms with Gasteiger partial charge in [0.1, 0.15) is 0 Å². The number of carbonyl (C=O) groups excluding carboxylic acids is 2. The molecule has 6 heteroatoms. The van der Waals surface area contributed by atoms with Crippen molar-refractivity contribution in [1.29, 1.82) is 0 Å². The average Bonchev–Trinajstić information content (AvgIpc) is 2.43. The van der Waals surface area contributed by atoms with E-state index in [0.717, 1.165) is 52.1 Å². The predicted octanol–water partition coefficient (Wildman–Crippen LogP) is -0.980. The van der Waals surface area contributed by atoms with Gasteiger partial charge >= 0.3 is 0 Å². The third kappa shape index (κ3) is 4.80. The lowest BCUT2D eigenvalue weighted by Crippen LogP contribution is -2.47. The smallest absolute Gasteiger partial charge is 0.239 e. The fourth-order valence-corrected chi connectivity index (χ4v) is 2.55. The highest BCUT2D eigenvalue weighted by molar-refractivity contribution is 5.85. The van der Waals surface area contributed by atoms with Crippen molar-refractivity contribution in [3.8, 4) is 0 Å². The molecule has 0 aliphatic carbocycles. The monoisotopic (exact) mass is 268 g/mol. The Morgan fingerprint density at radius 2 is 2.00 bits per heavy atom. The summed E-state index contributed by atoms with van der Waals surface area (Å²) in [6.07, 6.45) is 2.56. The van der Waals surface area contributed by atoms with E-state index in [1.54, 1.807) is 4.90 Å². The van der Waals surface area contributed by atoms with Crippen molar-refractivity contribution >= 4 is 11.8 Å². The van der Waals surface area contributed by atoms with E-state index in [2.05, 4.69) is 15.5 Å². The maximum atomic E-state index is 11.8. The van der Waals surface area contributed by atoms with Crippen LogP contribution in [0.25, 0.3) is 0 Å². The molecule has 19 heavy (non-hydrogen) atoms. The minimum atomic E-state index is -0.0367. The van der Waals surface area contributed by atoms with Crippen LogP contribution in [0, 0.1) is 0 Å². The highest BCUT2D eigenvalue weighted by atomic mass is 16.2. The van der Waals surface area contributed by atoms with Crippen LogP contribution in [0.1, 0.15) is 19.3 Å². The standard InChI is InChI=1S/C13H24N4O2/c18-12(11-17-7-2-1-3-13(17)19)15-6-10-16-8-4-14-5-9-16/h14H,1-11H2,(H,15,18). The molecule has 0 aromatic rings. The lowest BCUT2D eigenvalue weighted by Gasteiger charge is -2.28. The Balaban J connectivity index is 1.59. The molecule has 2 rings (SSSR count). The van der Waals surface area contributed by atoms with Crippen LogP contribution in [-0.4, -0.2) is 74.0 Å². The first kappa shape index (κ1) is 14.3. The number of amides is 2. The summed E-state index contributed by atoms with van der Waals surface area (Å²) in [4.78, 5) is 27.4. The molecule has 6 nitrogen and oxygen atoms in total. The van der Waals surface area contributed by atoms with Crippen LogP contribution in [0.3, 0.4) is 0 Å². The van der Waals surface area contributed by atoms with Crippen molar-refractivity contribution in [3.05, 3.63) is 0 Å². The Bertz CT molecular complexity index is 316. The molecule has 108 valence electrons. The number of nitrogens with one attached hydrogen (secondary N) is 2. The van der Waals surface area contributed by atoms with Crippen LogP contribution in [0.2, 0.25) is 0 Å². The van der Waals surface area contributed by atoms with Crippen LogP contribution < -0.4 is 10.6 Å². The predicted molar refractivity (Wildman–Crippen MR) is 72.8 cm³/mol. The summed E-state index contributed by atoms with van der Waals surface area (Å²) >= 11 is 0. The first-order valence-electron chi connectivity index (χ1n) is 7.23. The molecule has 0 unspecified atom stereocenters. The van der Waals surface area contributed by atoms with Crippen molar-refractivity contribution in [3.63, 3.8) is 0 Å². The number of hydrogen-bond donors (Lipinski definition) is 2. The summed E-state index contributed by atoms with van der Waals surface area (Å²) in [5, 5.41) is 6.20. The van der Waals surface area contributed by atoms with Crippen LogP contribution in [0.4, 0.5) is 0 Å². The van der Waals surface area contributed by atoms with E-state index in [-0.39, 0.29) is 18.4 Å². The molecule has 0 radical (unpaired) electrons. The van der Waals surface area contributed by atoms with E-state index in [1.165, 1.54) is 0 Å². The highest BCUT2D eigenvalue weighted by Gasteiger charge is 2.20. The first-order valence-corrected chi connectivity index (χ1v) is 7.23. The number of hydrogen-bond acceptors (Lipinski definition) is 4. The quantitative estimate of drug-likeness (QED) is 0.673. The van der Waals surface area contributed by atoms with Gasteiger partial charge in [-0.15, -0.1) is 0 Å². The van der Waals surface area contributed by atoms with Crippen molar-refractivity contribution in [2.24, 2.45) is 0 Å². The first-order chi connectivity index (χ1) is 9.25. The maximum Gasteiger partial charge on any atom is 0.239 e. The lowest BCUT2D eigenvalue weighted by atomic mass is 10.1. The van der Waals surface area contributed by atoms with Gasteiger partial charge in [-0.3, -0.25) is 14.5 Å². The Morgan fingerprint density at radius 3 is 2.74 bits per heavy atom. The van der Waals surface area contributed by atoms with E-state index in [1.807, 2.05) is 0 Å². The topological polar surface area (TPSA) is 64.7 Å². The molecule has 2 fully saturated rings. The molecule has 2 heterocycles. The summed E-state index contributed by atoms with van der Waals surface area (Å²) in [6.45, 7) is 6.64.